The second-order valence-corrected chi connectivity index (χ2v) is 7.20. The maximum Gasteiger partial charge on any atom is 0.235 e. The predicted molar refractivity (Wildman–Crippen MR) is 98.8 cm³/mol. The third kappa shape index (κ3) is 5.90. The van der Waals surface area contributed by atoms with Crippen LogP contribution in [-0.2, 0) is 4.79 Å². The van der Waals surface area contributed by atoms with E-state index < -0.39 is 0 Å². The van der Waals surface area contributed by atoms with Crippen molar-refractivity contribution in [2.75, 3.05) is 33.8 Å². The molecule has 1 aromatic carbocycles. The van der Waals surface area contributed by atoms with Gasteiger partial charge < -0.3 is 15.0 Å². The van der Waals surface area contributed by atoms with Gasteiger partial charge in [-0.1, -0.05) is 0 Å². The van der Waals surface area contributed by atoms with Gasteiger partial charge in [0.1, 0.15) is 5.75 Å². The van der Waals surface area contributed by atoms with Gasteiger partial charge in [0, 0.05) is 18.0 Å². The van der Waals surface area contributed by atoms with E-state index in [0.29, 0.717) is 5.92 Å². The Morgan fingerprint density at radius 3 is 2.74 bits per heavy atom. The van der Waals surface area contributed by atoms with Crippen LogP contribution in [0, 0.1) is 5.92 Å². The number of benzene rings is 1. The fourth-order valence-corrected chi connectivity index (χ4v) is 3.84. The van der Waals surface area contributed by atoms with E-state index in [-0.39, 0.29) is 23.6 Å². The maximum absolute atomic E-state index is 12.6. The highest BCUT2D eigenvalue weighted by molar-refractivity contribution is 8.00. The average molecular weight is 359 g/mol. The average Bonchev–Trinajstić information content (AvgIpc) is 2.55. The standard InChI is InChI=1S/C17H26N2O2S.ClH/c1-13(22-16-8-6-15(21-3)7-9-16)17(20)19-10-4-5-14(12-19)11-18-2;/h6-9,13-14,18H,4-5,10-12H2,1-3H3;1H. The first kappa shape index (κ1) is 20.1. The van der Waals surface area contributed by atoms with Crippen LogP contribution in [0.1, 0.15) is 19.8 Å². The molecule has 130 valence electrons. The molecule has 6 heteroatoms. The molecule has 1 heterocycles. The molecule has 2 rings (SSSR count). The van der Waals surface area contributed by atoms with Crippen LogP contribution in [0.3, 0.4) is 0 Å². The van der Waals surface area contributed by atoms with Crippen molar-refractivity contribution in [3.05, 3.63) is 24.3 Å². The van der Waals surface area contributed by atoms with E-state index in [9.17, 15) is 4.79 Å². The van der Waals surface area contributed by atoms with E-state index >= 15 is 0 Å². The minimum absolute atomic E-state index is 0. The molecule has 1 saturated heterocycles. The van der Waals surface area contributed by atoms with Crippen molar-refractivity contribution in [2.45, 2.75) is 29.9 Å². The summed E-state index contributed by atoms with van der Waals surface area (Å²) < 4.78 is 5.16. The number of rotatable bonds is 6. The van der Waals surface area contributed by atoms with E-state index in [4.69, 9.17) is 4.74 Å². The lowest BCUT2D eigenvalue weighted by Gasteiger charge is -2.34. The molecule has 1 N–H and O–H groups in total. The summed E-state index contributed by atoms with van der Waals surface area (Å²) in [6, 6.07) is 7.88. The van der Waals surface area contributed by atoms with E-state index in [0.717, 1.165) is 36.7 Å². The molecule has 0 aliphatic carbocycles. The molecule has 1 aromatic rings. The van der Waals surface area contributed by atoms with E-state index in [1.165, 1.54) is 6.42 Å². The number of thioether (sulfide) groups is 1. The summed E-state index contributed by atoms with van der Waals surface area (Å²) in [6.07, 6.45) is 2.32. The van der Waals surface area contributed by atoms with Crippen molar-refractivity contribution in [3.8, 4) is 5.75 Å². The first-order chi connectivity index (χ1) is 10.6. The Balaban J connectivity index is 0.00000264. The second kappa shape index (κ2) is 10.1. The topological polar surface area (TPSA) is 41.6 Å². The SMILES string of the molecule is CNCC1CCCN(C(=O)C(C)Sc2ccc(OC)cc2)C1.Cl. The molecule has 1 aliphatic rings. The smallest absolute Gasteiger partial charge is 0.235 e. The number of piperidine rings is 1. The first-order valence-electron chi connectivity index (χ1n) is 7.88. The molecule has 0 radical (unpaired) electrons. The molecule has 2 unspecified atom stereocenters. The molecule has 23 heavy (non-hydrogen) atoms. The zero-order valence-corrected chi connectivity index (χ0v) is 15.7. The largest absolute Gasteiger partial charge is 0.497 e. The number of carbonyl (C=O) groups is 1. The van der Waals surface area contributed by atoms with Crippen molar-refractivity contribution in [1.82, 2.24) is 10.2 Å². The van der Waals surface area contributed by atoms with Gasteiger partial charge in [0.25, 0.3) is 0 Å². The van der Waals surface area contributed by atoms with Crippen LogP contribution in [-0.4, -0.2) is 49.8 Å². The Labute approximate surface area is 149 Å². The third-order valence-corrected chi connectivity index (χ3v) is 5.14. The summed E-state index contributed by atoms with van der Waals surface area (Å²) >= 11 is 1.62. The van der Waals surface area contributed by atoms with Crippen LogP contribution in [0.15, 0.2) is 29.2 Å². The normalized spacial score (nSPS) is 18.9. The minimum atomic E-state index is -0.0540. The fourth-order valence-electron chi connectivity index (χ4n) is 2.89. The second-order valence-electron chi connectivity index (χ2n) is 5.79. The Kier molecular flexibility index (Phi) is 8.81. The highest BCUT2D eigenvalue weighted by atomic mass is 35.5. The summed E-state index contributed by atoms with van der Waals surface area (Å²) in [7, 11) is 3.63. The molecule has 0 spiro atoms. The monoisotopic (exact) mass is 358 g/mol. The molecule has 4 nitrogen and oxygen atoms in total. The molecule has 0 bridgehead atoms. The maximum atomic E-state index is 12.6. The van der Waals surface area contributed by atoms with E-state index in [1.54, 1.807) is 18.9 Å². The zero-order chi connectivity index (χ0) is 15.9. The van der Waals surface area contributed by atoms with Crippen molar-refractivity contribution in [3.63, 3.8) is 0 Å². The Morgan fingerprint density at radius 1 is 1.43 bits per heavy atom. The number of likely N-dealkylation sites (tertiary alicyclic amines) is 1. The van der Waals surface area contributed by atoms with Crippen molar-refractivity contribution in [1.29, 1.82) is 0 Å². The van der Waals surface area contributed by atoms with E-state index in [1.807, 2.05) is 43.1 Å². The lowest BCUT2D eigenvalue weighted by molar-refractivity contribution is -0.132. The third-order valence-electron chi connectivity index (χ3n) is 4.04. The van der Waals surface area contributed by atoms with Crippen LogP contribution in [0.4, 0.5) is 0 Å². The molecular weight excluding hydrogens is 332 g/mol. The van der Waals surface area contributed by atoms with Gasteiger partial charge in [0.2, 0.25) is 5.91 Å². The van der Waals surface area contributed by atoms with Crippen LogP contribution >= 0.6 is 24.2 Å². The first-order valence-corrected chi connectivity index (χ1v) is 8.76. The summed E-state index contributed by atoms with van der Waals surface area (Å²) in [5.41, 5.74) is 0. The number of hydrogen-bond donors (Lipinski definition) is 1. The number of hydrogen-bond acceptors (Lipinski definition) is 4. The van der Waals surface area contributed by atoms with Gasteiger partial charge in [-0.15, -0.1) is 24.2 Å². The molecule has 1 amide bonds. The summed E-state index contributed by atoms with van der Waals surface area (Å²) in [5.74, 6) is 1.68. The molecular formula is C17H27ClN2O2S. The van der Waals surface area contributed by atoms with Gasteiger partial charge in [-0.25, -0.2) is 0 Å². The van der Waals surface area contributed by atoms with Gasteiger partial charge in [0.05, 0.1) is 12.4 Å². The van der Waals surface area contributed by atoms with Gasteiger partial charge in [0.15, 0.2) is 0 Å². The van der Waals surface area contributed by atoms with Crippen LogP contribution in [0.5, 0.6) is 5.75 Å². The van der Waals surface area contributed by atoms with Gasteiger partial charge >= 0.3 is 0 Å². The Morgan fingerprint density at radius 2 is 2.13 bits per heavy atom. The number of methoxy groups -OCH3 is 1. The summed E-state index contributed by atoms with van der Waals surface area (Å²) in [6.45, 7) is 4.77. The molecule has 0 saturated carbocycles. The van der Waals surface area contributed by atoms with Gasteiger partial charge in [-0.3, -0.25) is 4.79 Å². The van der Waals surface area contributed by atoms with Crippen molar-refractivity contribution in [2.24, 2.45) is 5.92 Å². The lowest BCUT2D eigenvalue weighted by atomic mass is 9.98. The molecule has 1 aliphatic heterocycles. The summed E-state index contributed by atoms with van der Waals surface area (Å²) in [4.78, 5) is 15.8. The van der Waals surface area contributed by atoms with Crippen molar-refractivity contribution < 1.29 is 9.53 Å². The highest BCUT2D eigenvalue weighted by Crippen LogP contribution is 2.27. The Hall–Kier alpha value is -0.910. The van der Waals surface area contributed by atoms with Crippen LogP contribution < -0.4 is 10.1 Å². The lowest BCUT2D eigenvalue weighted by Crippen LogP contribution is -2.45. The fraction of sp³-hybridized carbons (Fsp3) is 0.588. The highest BCUT2D eigenvalue weighted by Gasteiger charge is 2.26. The minimum Gasteiger partial charge on any atom is -0.497 e. The van der Waals surface area contributed by atoms with E-state index in [2.05, 4.69) is 5.32 Å². The zero-order valence-electron chi connectivity index (χ0n) is 14.1. The molecule has 2 atom stereocenters. The van der Waals surface area contributed by atoms with Crippen LogP contribution in [0.2, 0.25) is 0 Å². The van der Waals surface area contributed by atoms with Gasteiger partial charge in [-0.2, -0.15) is 0 Å². The number of halogens is 1. The Bertz CT molecular complexity index is 482. The quantitative estimate of drug-likeness (QED) is 0.793. The number of carbonyl (C=O) groups excluding carboxylic acids is 1. The molecule has 1 fully saturated rings. The van der Waals surface area contributed by atoms with Gasteiger partial charge in [-0.05, 0) is 63.5 Å². The summed E-state index contributed by atoms with van der Waals surface area (Å²) in [5, 5.41) is 3.17. The van der Waals surface area contributed by atoms with Crippen molar-refractivity contribution >= 4 is 30.1 Å². The number of ether oxygens (including phenoxy) is 1. The van der Waals surface area contributed by atoms with Crippen LogP contribution in [0.25, 0.3) is 0 Å². The number of nitrogens with one attached hydrogen (secondary N) is 1. The number of nitrogens with zero attached hydrogens (tertiary/aromatic N) is 1. The predicted octanol–water partition coefficient (Wildman–Crippen LogP) is 3.06. The number of amides is 1. The molecule has 0 aromatic heterocycles.